The van der Waals surface area contributed by atoms with Gasteiger partial charge >= 0.3 is 11.9 Å². The molecular weight excluding hydrogens is 228 g/mol. The van der Waals surface area contributed by atoms with Crippen LogP contribution in [0.1, 0.15) is 32.6 Å². The van der Waals surface area contributed by atoms with Crippen molar-refractivity contribution in [2.45, 2.75) is 44.7 Å². The molecule has 0 saturated heterocycles. The maximum Gasteiger partial charge on any atom is 0.326 e. The summed E-state index contributed by atoms with van der Waals surface area (Å²) in [5.41, 5.74) is 5.44. The molecule has 0 aliphatic carbocycles. The lowest BCUT2D eigenvalue weighted by Gasteiger charge is -2.16. The Bertz CT molecular complexity index is 292. The molecule has 17 heavy (non-hydrogen) atoms. The van der Waals surface area contributed by atoms with E-state index in [1.165, 1.54) is 0 Å². The smallest absolute Gasteiger partial charge is 0.326 e. The van der Waals surface area contributed by atoms with E-state index < -0.39 is 29.9 Å². The van der Waals surface area contributed by atoms with Crippen LogP contribution in [0.4, 0.5) is 0 Å². The Morgan fingerprint density at radius 2 is 1.88 bits per heavy atom. The Kier molecular flexibility index (Phi) is 6.88. The first-order chi connectivity index (χ1) is 7.88. The first kappa shape index (κ1) is 15.4. The van der Waals surface area contributed by atoms with Crippen LogP contribution in [0.2, 0.25) is 0 Å². The lowest BCUT2D eigenvalue weighted by Crippen LogP contribution is -2.48. The van der Waals surface area contributed by atoms with Gasteiger partial charge in [0.05, 0.1) is 6.04 Å². The van der Waals surface area contributed by atoms with Crippen molar-refractivity contribution < 1.29 is 24.6 Å². The largest absolute Gasteiger partial charge is 0.481 e. The van der Waals surface area contributed by atoms with Crippen LogP contribution in [-0.4, -0.2) is 40.1 Å². The van der Waals surface area contributed by atoms with Crippen LogP contribution in [0.5, 0.6) is 0 Å². The molecule has 5 N–H and O–H groups in total. The van der Waals surface area contributed by atoms with Crippen LogP contribution in [0.15, 0.2) is 0 Å². The topological polar surface area (TPSA) is 130 Å². The Morgan fingerprint density at radius 1 is 1.29 bits per heavy atom. The number of aliphatic carboxylic acids is 2. The molecule has 7 heteroatoms. The number of hydrogen-bond acceptors (Lipinski definition) is 4. The van der Waals surface area contributed by atoms with Gasteiger partial charge in [-0.2, -0.15) is 0 Å². The van der Waals surface area contributed by atoms with Crippen molar-refractivity contribution in [3.63, 3.8) is 0 Å². The van der Waals surface area contributed by atoms with Gasteiger partial charge in [-0.3, -0.25) is 9.59 Å². The standard InChI is InChI=1S/C10H18N2O5/c1-2-6(11)9(15)12-7(10(16)17)4-3-5-8(13)14/h6-7H,2-5,11H2,1H3,(H,12,15)(H,13,14)(H,16,17)/t6?,7-/m1/s1. The van der Waals surface area contributed by atoms with E-state index in [9.17, 15) is 14.4 Å². The molecule has 0 radical (unpaired) electrons. The molecule has 0 aromatic carbocycles. The fraction of sp³-hybridized carbons (Fsp3) is 0.700. The highest BCUT2D eigenvalue weighted by atomic mass is 16.4. The van der Waals surface area contributed by atoms with E-state index in [-0.39, 0.29) is 19.3 Å². The highest BCUT2D eigenvalue weighted by Crippen LogP contribution is 2.02. The minimum absolute atomic E-state index is 0.0732. The first-order valence-corrected chi connectivity index (χ1v) is 5.39. The average molecular weight is 246 g/mol. The Hall–Kier alpha value is -1.63. The highest BCUT2D eigenvalue weighted by molar-refractivity contribution is 5.86. The summed E-state index contributed by atoms with van der Waals surface area (Å²) in [4.78, 5) is 32.5. The van der Waals surface area contributed by atoms with Crippen molar-refractivity contribution in [2.24, 2.45) is 5.73 Å². The number of hydrogen-bond donors (Lipinski definition) is 4. The average Bonchev–Trinajstić information content (AvgIpc) is 2.25. The molecule has 2 atom stereocenters. The van der Waals surface area contributed by atoms with Crippen molar-refractivity contribution in [3.8, 4) is 0 Å². The quantitative estimate of drug-likeness (QED) is 0.459. The summed E-state index contributed by atoms with van der Waals surface area (Å²) in [6.45, 7) is 1.71. The first-order valence-electron chi connectivity index (χ1n) is 5.39. The van der Waals surface area contributed by atoms with E-state index in [4.69, 9.17) is 15.9 Å². The third-order valence-electron chi connectivity index (χ3n) is 2.27. The lowest BCUT2D eigenvalue weighted by atomic mass is 10.1. The highest BCUT2D eigenvalue weighted by Gasteiger charge is 2.22. The third kappa shape index (κ3) is 6.52. The Labute approximate surface area is 99.0 Å². The minimum Gasteiger partial charge on any atom is -0.481 e. The molecule has 0 rings (SSSR count). The summed E-state index contributed by atoms with van der Waals surface area (Å²) >= 11 is 0. The van der Waals surface area contributed by atoms with Gasteiger partial charge in [-0.05, 0) is 19.3 Å². The lowest BCUT2D eigenvalue weighted by molar-refractivity contribution is -0.143. The number of rotatable bonds is 8. The van der Waals surface area contributed by atoms with Gasteiger partial charge in [-0.15, -0.1) is 0 Å². The van der Waals surface area contributed by atoms with Crippen LogP contribution >= 0.6 is 0 Å². The van der Waals surface area contributed by atoms with Crippen LogP contribution in [0.3, 0.4) is 0 Å². The Balaban J connectivity index is 4.20. The van der Waals surface area contributed by atoms with Gasteiger partial charge in [-0.25, -0.2) is 4.79 Å². The number of carbonyl (C=O) groups is 3. The summed E-state index contributed by atoms with van der Waals surface area (Å²) in [7, 11) is 0. The molecule has 0 aromatic heterocycles. The molecule has 98 valence electrons. The molecule has 0 aliphatic heterocycles. The van der Waals surface area contributed by atoms with E-state index >= 15 is 0 Å². The molecule has 1 unspecified atom stereocenters. The summed E-state index contributed by atoms with van der Waals surface area (Å²) in [6, 6.07) is -1.82. The minimum atomic E-state index is -1.19. The fourth-order valence-electron chi connectivity index (χ4n) is 1.18. The number of nitrogens with one attached hydrogen (secondary N) is 1. The predicted octanol–water partition coefficient (Wildman–Crippen LogP) is -0.452. The summed E-state index contributed by atoms with van der Waals surface area (Å²) in [6.07, 6.45) is 0.546. The maximum atomic E-state index is 11.4. The molecular formula is C10H18N2O5. The van der Waals surface area contributed by atoms with E-state index in [1.54, 1.807) is 6.92 Å². The van der Waals surface area contributed by atoms with Gasteiger partial charge in [0.25, 0.3) is 0 Å². The number of carboxylic acids is 2. The zero-order valence-corrected chi connectivity index (χ0v) is 9.68. The third-order valence-corrected chi connectivity index (χ3v) is 2.27. The molecule has 0 saturated carbocycles. The predicted molar refractivity (Wildman–Crippen MR) is 59.3 cm³/mol. The molecule has 0 aliphatic rings. The van der Waals surface area contributed by atoms with E-state index in [0.29, 0.717) is 6.42 Å². The number of carbonyl (C=O) groups excluding carboxylic acids is 1. The van der Waals surface area contributed by atoms with Crippen molar-refractivity contribution in [2.75, 3.05) is 0 Å². The second-order valence-corrected chi connectivity index (χ2v) is 3.70. The molecule has 0 aromatic rings. The van der Waals surface area contributed by atoms with Crippen molar-refractivity contribution in [3.05, 3.63) is 0 Å². The van der Waals surface area contributed by atoms with Gasteiger partial charge in [0.15, 0.2) is 0 Å². The maximum absolute atomic E-state index is 11.4. The second kappa shape index (κ2) is 7.61. The fourth-order valence-corrected chi connectivity index (χ4v) is 1.18. The van der Waals surface area contributed by atoms with Gasteiger partial charge in [-0.1, -0.05) is 6.92 Å². The zero-order valence-electron chi connectivity index (χ0n) is 9.68. The molecule has 0 spiro atoms. The van der Waals surface area contributed by atoms with Gasteiger partial charge < -0.3 is 21.3 Å². The second-order valence-electron chi connectivity index (χ2n) is 3.70. The molecule has 7 nitrogen and oxygen atoms in total. The monoisotopic (exact) mass is 246 g/mol. The summed E-state index contributed by atoms with van der Waals surface area (Å²) in [5, 5.41) is 19.5. The SMILES string of the molecule is CCC(N)C(=O)N[C@H](CCCC(=O)O)C(=O)O. The number of amides is 1. The van der Waals surface area contributed by atoms with Crippen molar-refractivity contribution in [1.29, 1.82) is 0 Å². The Morgan fingerprint density at radius 3 is 2.29 bits per heavy atom. The summed E-state index contributed by atoms with van der Waals surface area (Å²) < 4.78 is 0. The van der Waals surface area contributed by atoms with Crippen LogP contribution in [-0.2, 0) is 14.4 Å². The molecule has 0 fully saturated rings. The van der Waals surface area contributed by atoms with Crippen LogP contribution < -0.4 is 11.1 Å². The van der Waals surface area contributed by atoms with Crippen molar-refractivity contribution in [1.82, 2.24) is 5.32 Å². The van der Waals surface area contributed by atoms with Gasteiger partial charge in [0.2, 0.25) is 5.91 Å². The van der Waals surface area contributed by atoms with E-state index in [0.717, 1.165) is 0 Å². The van der Waals surface area contributed by atoms with E-state index in [2.05, 4.69) is 5.32 Å². The number of carboxylic acid groups (broad SMARTS) is 2. The zero-order chi connectivity index (χ0) is 13.4. The molecule has 1 amide bonds. The molecule has 0 heterocycles. The normalized spacial score (nSPS) is 13.8. The molecule has 0 bridgehead atoms. The van der Waals surface area contributed by atoms with Crippen LogP contribution in [0, 0.1) is 0 Å². The summed E-state index contributed by atoms with van der Waals surface area (Å²) in [5.74, 6) is -2.71. The van der Waals surface area contributed by atoms with Crippen molar-refractivity contribution >= 4 is 17.8 Å². The van der Waals surface area contributed by atoms with Gasteiger partial charge in [0.1, 0.15) is 6.04 Å². The van der Waals surface area contributed by atoms with Crippen LogP contribution in [0.25, 0.3) is 0 Å². The van der Waals surface area contributed by atoms with E-state index in [1.807, 2.05) is 0 Å². The van der Waals surface area contributed by atoms with Gasteiger partial charge in [0, 0.05) is 6.42 Å². The number of nitrogens with two attached hydrogens (primary N) is 1.